The van der Waals surface area contributed by atoms with Gasteiger partial charge in [0.1, 0.15) is 0 Å². The fourth-order valence-electron chi connectivity index (χ4n) is 2.10. The Hall–Kier alpha value is -0.0800. The minimum atomic E-state index is 0.669. The zero-order chi connectivity index (χ0) is 13.1. The summed E-state index contributed by atoms with van der Waals surface area (Å²) in [7, 11) is 2.05. The molecule has 0 aliphatic heterocycles. The monoisotopic (exact) mass is 242 g/mol. The molecule has 0 spiro atoms. The summed E-state index contributed by atoms with van der Waals surface area (Å²) in [6, 6.07) is 1.37. The number of nitrogens with one attached hydrogen (secondary N) is 1. The second-order valence-corrected chi connectivity index (χ2v) is 5.52. The summed E-state index contributed by atoms with van der Waals surface area (Å²) in [5.74, 6) is 0. The van der Waals surface area contributed by atoms with Gasteiger partial charge in [-0.25, -0.2) is 0 Å². The lowest BCUT2D eigenvalue weighted by Crippen LogP contribution is -2.33. The second kappa shape index (κ2) is 11.0. The molecule has 0 aromatic heterocycles. The van der Waals surface area contributed by atoms with Crippen molar-refractivity contribution in [2.45, 2.75) is 78.3 Å². The van der Waals surface area contributed by atoms with E-state index in [-0.39, 0.29) is 0 Å². The van der Waals surface area contributed by atoms with Gasteiger partial charge in [-0.3, -0.25) is 0 Å². The van der Waals surface area contributed by atoms with Gasteiger partial charge in [0.05, 0.1) is 0 Å². The summed E-state index contributed by atoms with van der Waals surface area (Å²) in [4.78, 5) is 2.64. The number of hydrogen-bond acceptors (Lipinski definition) is 2. The normalized spacial score (nSPS) is 13.6. The predicted octanol–water partition coefficient (Wildman–Crippen LogP) is 3.67. The third-order valence-electron chi connectivity index (χ3n) is 3.60. The molecule has 0 saturated carbocycles. The summed E-state index contributed by atoms with van der Waals surface area (Å²) < 4.78 is 0. The van der Waals surface area contributed by atoms with Crippen molar-refractivity contribution in [2.75, 3.05) is 20.1 Å². The van der Waals surface area contributed by atoms with Gasteiger partial charge in [0.25, 0.3) is 0 Å². The molecule has 0 aliphatic carbocycles. The lowest BCUT2D eigenvalue weighted by molar-refractivity contribution is 0.211. The van der Waals surface area contributed by atoms with E-state index in [1.165, 1.54) is 51.6 Å². The van der Waals surface area contributed by atoms with E-state index in [4.69, 9.17) is 0 Å². The SMILES string of the molecule is CCCCCN(CCCCC(C)NC)C(C)C. The molecule has 0 rings (SSSR count). The quantitative estimate of drug-likeness (QED) is 0.556. The van der Waals surface area contributed by atoms with E-state index in [0.29, 0.717) is 12.1 Å². The van der Waals surface area contributed by atoms with Crippen molar-refractivity contribution in [3.63, 3.8) is 0 Å². The molecule has 0 aromatic rings. The summed E-state index contributed by atoms with van der Waals surface area (Å²) in [6.45, 7) is 11.7. The van der Waals surface area contributed by atoms with Gasteiger partial charge in [0.15, 0.2) is 0 Å². The summed E-state index contributed by atoms with van der Waals surface area (Å²) in [5.41, 5.74) is 0. The lowest BCUT2D eigenvalue weighted by Gasteiger charge is -2.26. The largest absolute Gasteiger partial charge is 0.317 e. The average Bonchev–Trinajstić information content (AvgIpc) is 2.31. The molecule has 0 radical (unpaired) electrons. The molecule has 0 saturated heterocycles. The van der Waals surface area contributed by atoms with Crippen LogP contribution in [0.15, 0.2) is 0 Å². The summed E-state index contributed by atoms with van der Waals surface area (Å²) in [5, 5.41) is 3.30. The minimum absolute atomic E-state index is 0.669. The molecule has 0 fully saturated rings. The Morgan fingerprint density at radius 3 is 2.00 bits per heavy atom. The van der Waals surface area contributed by atoms with Crippen LogP contribution in [0, 0.1) is 0 Å². The fraction of sp³-hybridized carbons (Fsp3) is 1.00. The van der Waals surface area contributed by atoms with Crippen molar-refractivity contribution in [1.29, 1.82) is 0 Å². The number of rotatable bonds is 11. The van der Waals surface area contributed by atoms with Gasteiger partial charge in [-0.1, -0.05) is 26.2 Å². The number of nitrogens with zero attached hydrogens (tertiary/aromatic N) is 1. The Kier molecular flexibility index (Phi) is 11.0. The van der Waals surface area contributed by atoms with Crippen molar-refractivity contribution in [3.05, 3.63) is 0 Å². The van der Waals surface area contributed by atoms with Crippen LogP contribution in [-0.4, -0.2) is 37.1 Å². The molecule has 2 heteroatoms. The highest BCUT2D eigenvalue weighted by atomic mass is 15.1. The van der Waals surface area contributed by atoms with Crippen LogP contribution in [0.25, 0.3) is 0 Å². The average molecular weight is 242 g/mol. The van der Waals surface area contributed by atoms with Crippen LogP contribution in [0.2, 0.25) is 0 Å². The van der Waals surface area contributed by atoms with Crippen molar-refractivity contribution in [3.8, 4) is 0 Å². The first-order chi connectivity index (χ1) is 8.11. The topological polar surface area (TPSA) is 15.3 Å². The maximum atomic E-state index is 3.30. The first-order valence-electron chi connectivity index (χ1n) is 7.53. The van der Waals surface area contributed by atoms with E-state index in [1.807, 2.05) is 0 Å². The van der Waals surface area contributed by atoms with Crippen LogP contribution >= 0.6 is 0 Å². The molecule has 0 aromatic carbocycles. The molecule has 17 heavy (non-hydrogen) atoms. The summed E-state index contributed by atoms with van der Waals surface area (Å²) >= 11 is 0. The standard InChI is InChI=1S/C15H34N2/c1-6-7-9-12-17(14(2)3)13-10-8-11-15(4)16-5/h14-16H,6-13H2,1-5H3. The fourth-order valence-corrected chi connectivity index (χ4v) is 2.10. The van der Waals surface area contributed by atoms with Crippen LogP contribution in [-0.2, 0) is 0 Å². The molecule has 104 valence electrons. The van der Waals surface area contributed by atoms with Crippen molar-refractivity contribution >= 4 is 0 Å². The van der Waals surface area contributed by atoms with Gasteiger partial charge in [0, 0.05) is 12.1 Å². The molecule has 0 bridgehead atoms. The molecule has 2 nitrogen and oxygen atoms in total. The molecule has 1 atom stereocenters. The lowest BCUT2D eigenvalue weighted by atomic mass is 10.1. The van der Waals surface area contributed by atoms with Crippen LogP contribution in [0.4, 0.5) is 0 Å². The molecular formula is C15H34N2. The highest BCUT2D eigenvalue weighted by Gasteiger charge is 2.08. The van der Waals surface area contributed by atoms with Crippen LogP contribution in [0.5, 0.6) is 0 Å². The molecular weight excluding hydrogens is 208 g/mol. The zero-order valence-electron chi connectivity index (χ0n) is 12.8. The molecule has 0 aliphatic rings. The molecule has 1 N–H and O–H groups in total. The zero-order valence-corrected chi connectivity index (χ0v) is 12.8. The van der Waals surface area contributed by atoms with E-state index in [0.717, 1.165) is 0 Å². The van der Waals surface area contributed by atoms with Crippen molar-refractivity contribution in [1.82, 2.24) is 10.2 Å². The predicted molar refractivity (Wildman–Crippen MR) is 78.6 cm³/mol. The molecule has 1 unspecified atom stereocenters. The first-order valence-corrected chi connectivity index (χ1v) is 7.53. The van der Waals surface area contributed by atoms with Gasteiger partial charge in [-0.15, -0.1) is 0 Å². The second-order valence-electron chi connectivity index (χ2n) is 5.52. The van der Waals surface area contributed by atoms with E-state index in [1.54, 1.807) is 0 Å². The Labute approximate surface area is 109 Å². The Balaban J connectivity index is 3.62. The van der Waals surface area contributed by atoms with Gasteiger partial charge in [-0.2, -0.15) is 0 Å². The van der Waals surface area contributed by atoms with Gasteiger partial charge >= 0.3 is 0 Å². The van der Waals surface area contributed by atoms with Crippen molar-refractivity contribution < 1.29 is 0 Å². The highest BCUT2D eigenvalue weighted by Crippen LogP contribution is 2.07. The Bertz CT molecular complexity index is 157. The Morgan fingerprint density at radius 1 is 0.941 bits per heavy atom. The highest BCUT2D eigenvalue weighted by molar-refractivity contribution is 4.64. The maximum absolute atomic E-state index is 3.30. The summed E-state index contributed by atoms with van der Waals surface area (Å²) in [6.07, 6.45) is 8.06. The van der Waals surface area contributed by atoms with Gasteiger partial charge in [0.2, 0.25) is 0 Å². The molecule has 0 amide bonds. The first kappa shape index (κ1) is 16.9. The van der Waals surface area contributed by atoms with Crippen molar-refractivity contribution in [2.24, 2.45) is 0 Å². The third-order valence-corrected chi connectivity index (χ3v) is 3.60. The van der Waals surface area contributed by atoms with Gasteiger partial charge < -0.3 is 10.2 Å². The van der Waals surface area contributed by atoms with Crippen LogP contribution in [0.3, 0.4) is 0 Å². The van der Waals surface area contributed by atoms with E-state index >= 15 is 0 Å². The van der Waals surface area contributed by atoms with Crippen LogP contribution < -0.4 is 5.32 Å². The van der Waals surface area contributed by atoms with Gasteiger partial charge in [-0.05, 0) is 60.2 Å². The minimum Gasteiger partial charge on any atom is -0.317 e. The maximum Gasteiger partial charge on any atom is 0.00385 e. The molecule has 0 heterocycles. The van der Waals surface area contributed by atoms with Crippen LogP contribution in [0.1, 0.15) is 66.2 Å². The smallest absolute Gasteiger partial charge is 0.00385 e. The number of hydrogen-bond donors (Lipinski definition) is 1. The van der Waals surface area contributed by atoms with E-state index in [2.05, 4.69) is 45.0 Å². The van der Waals surface area contributed by atoms with E-state index in [9.17, 15) is 0 Å². The number of unbranched alkanes of at least 4 members (excludes halogenated alkanes) is 3. The third kappa shape index (κ3) is 9.61. The Morgan fingerprint density at radius 2 is 1.53 bits per heavy atom. The van der Waals surface area contributed by atoms with E-state index < -0.39 is 0 Å².